The van der Waals surface area contributed by atoms with Crippen LogP contribution < -0.4 is 5.32 Å². The number of nitrogens with one attached hydrogen (secondary N) is 1. The van der Waals surface area contributed by atoms with E-state index in [1.807, 2.05) is 36.4 Å². The predicted molar refractivity (Wildman–Crippen MR) is 182 cm³/mol. The van der Waals surface area contributed by atoms with Gasteiger partial charge in [-0.2, -0.15) is 0 Å². The maximum absolute atomic E-state index is 13.7. The van der Waals surface area contributed by atoms with Crippen molar-refractivity contribution in [3.63, 3.8) is 0 Å². The molecule has 2 saturated heterocycles. The number of hydrogen-bond donors (Lipinski definition) is 2. The standard InChI is InChI=1S/C38H47N3O7/c1-3-5-19-34(39-38(46)48-25-33-31-17-8-6-15-29(31)30-16-7-9-18-32(30)33)37(45)47-24-28-14-11-21-41(28)36(44)26(12-4-2)22-35(43)40-20-10-13-27(40)23-42/h3-4,6-9,15-18,26-28,33-34,42H,1-2,5,10-14,19-25H2,(H,39,46). The molecule has 0 radical (unpaired) electrons. The first kappa shape index (κ1) is 34.9. The molecule has 2 N–H and O–H groups in total. The van der Waals surface area contributed by atoms with Crippen molar-refractivity contribution in [1.29, 1.82) is 0 Å². The predicted octanol–water partition coefficient (Wildman–Crippen LogP) is 4.96. The molecular formula is C38H47N3O7. The Balaban J connectivity index is 1.16. The van der Waals surface area contributed by atoms with Crippen LogP contribution in [0.5, 0.6) is 0 Å². The van der Waals surface area contributed by atoms with E-state index in [1.54, 1.807) is 22.0 Å². The summed E-state index contributed by atoms with van der Waals surface area (Å²) in [5, 5.41) is 12.3. The number of benzene rings is 2. The highest BCUT2D eigenvalue weighted by Gasteiger charge is 2.37. The van der Waals surface area contributed by atoms with Crippen molar-refractivity contribution in [2.24, 2.45) is 5.92 Å². The first-order valence-electron chi connectivity index (χ1n) is 17.1. The molecule has 4 unspecified atom stereocenters. The highest BCUT2D eigenvalue weighted by atomic mass is 16.6. The topological polar surface area (TPSA) is 125 Å². The van der Waals surface area contributed by atoms with Gasteiger partial charge in [0.15, 0.2) is 0 Å². The molecule has 5 rings (SSSR count). The molecule has 0 spiro atoms. The van der Waals surface area contributed by atoms with Crippen molar-refractivity contribution in [3.8, 4) is 11.1 Å². The summed E-state index contributed by atoms with van der Waals surface area (Å²) in [6, 6.07) is 14.7. The van der Waals surface area contributed by atoms with E-state index in [4.69, 9.17) is 9.47 Å². The SMILES string of the molecule is C=CCCC(NC(=O)OCC1c2ccccc2-c2ccccc21)C(=O)OCC1CCCN1C(=O)C(CC=C)CC(=O)N1CCCC1CO. The maximum Gasteiger partial charge on any atom is 0.407 e. The Morgan fingerprint density at radius 1 is 0.875 bits per heavy atom. The summed E-state index contributed by atoms with van der Waals surface area (Å²) in [5.74, 6) is -1.60. The summed E-state index contributed by atoms with van der Waals surface area (Å²) in [6.45, 7) is 8.63. The summed E-state index contributed by atoms with van der Waals surface area (Å²) < 4.78 is 11.4. The lowest BCUT2D eigenvalue weighted by Crippen LogP contribution is -2.46. The lowest BCUT2D eigenvalue weighted by molar-refractivity contribution is -0.151. The van der Waals surface area contributed by atoms with Crippen LogP contribution in [0.2, 0.25) is 0 Å². The van der Waals surface area contributed by atoms with Crippen molar-refractivity contribution in [1.82, 2.24) is 15.1 Å². The number of aliphatic hydroxyl groups excluding tert-OH is 1. The van der Waals surface area contributed by atoms with Crippen LogP contribution in [0.3, 0.4) is 0 Å². The van der Waals surface area contributed by atoms with Gasteiger partial charge in [0.2, 0.25) is 11.8 Å². The molecule has 256 valence electrons. The van der Waals surface area contributed by atoms with E-state index in [0.29, 0.717) is 32.4 Å². The van der Waals surface area contributed by atoms with Gasteiger partial charge >= 0.3 is 12.1 Å². The number of esters is 1. The maximum atomic E-state index is 13.7. The number of carbonyl (C=O) groups is 4. The van der Waals surface area contributed by atoms with Crippen molar-refractivity contribution in [3.05, 3.63) is 85.0 Å². The first-order chi connectivity index (χ1) is 23.4. The number of allylic oxidation sites excluding steroid dienone is 2. The second-order valence-corrected chi connectivity index (χ2v) is 12.8. The number of likely N-dealkylation sites (tertiary alicyclic amines) is 2. The summed E-state index contributed by atoms with van der Waals surface area (Å²) >= 11 is 0. The Hall–Kier alpha value is -4.44. The molecule has 0 saturated carbocycles. The van der Waals surface area contributed by atoms with E-state index in [0.717, 1.165) is 41.5 Å². The first-order valence-corrected chi connectivity index (χ1v) is 17.1. The van der Waals surface area contributed by atoms with Gasteiger partial charge in [-0.1, -0.05) is 60.7 Å². The minimum Gasteiger partial charge on any atom is -0.462 e. The number of hydrogen-bond acceptors (Lipinski definition) is 7. The van der Waals surface area contributed by atoms with E-state index in [1.165, 1.54) is 0 Å². The molecule has 0 aromatic heterocycles. The number of ether oxygens (including phenoxy) is 2. The van der Waals surface area contributed by atoms with Crippen LogP contribution >= 0.6 is 0 Å². The smallest absolute Gasteiger partial charge is 0.407 e. The second-order valence-electron chi connectivity index (χ2n) is 12.8. The van der Waals surface area contributed by atoms with Gasteiger partial charge in [-0.15, -0.1) is 13.2 Å². The van der Waals surface area contributed by atoms with E-state index in [9.17, 15) is 24.3 Å². The quantitative estimate of drug-likeness (QED) is 0.205. The Labute approximate surface area is 282 Å². The van der Waals surface area contributed by atoms with Gasteiger partial charge in [-0.25, -0.2) is 9.59 Å². The summed E-state index contributed by atoms with van der Waals surface area (Å²) in [7, 11) is 0. The summed E-state index contributed by atoms with van der Waals surface area (Å²) in [6.07, 6.45) is 6.75. The number of aliphatic hydroxyl groups is 1. The monoisotopic (exact) mass is 657 g/mol. The lowest BCUT2D eigenvalue weighted by Gasteiger charge is -2.30. The van der Waals surface area contributed by atoms with E-state index >= 15 is 0 Å². The number of carbonyl (C=O) groups excluding carboxylic acids is 4. The van der Waals surface area contributed by atoms with Gasteiger partial charge in [-0.3, -0.25) is 9.59 Å². The third-order valence-electron chi connectivity index (χ3n) is 9.79. The fraction of sp³-hybridized carbons (Fsp3) is 0.474. The minimum absolute atomic E-state index is 0.0188. The third kappa shape index (κ3) is 7.98. The molecule has 10 nitrogen and oxygen atoms in total. The van der Waals surface area contributed by atoms with Crippen molar-refractivity contribution < 1.29 is 33.8 Å². The molecule has 2 heterocycles. The number of fused-ring (bicyclic) bond motifs is 3. The molecule has 1 aliphatic carbocycles. The Morgan fingerprint density at radius 2 is 1.52 bits per heavy atom. The van der Waals surface area contributed by atoms with Gasteiger partial charge in [0.05, 0.1) is 24.6 Å². The Morgan fingerprint density at radius 3 is 2.17 bits per heavy atom. The molecule has 2 aromatic rings. The Bertz CT molecular complexity index is 1450. The van der Waals surface area contributed by atoms with Crippen LogP contribution in [0, 0.1) is 5.92 Å². The molecule has 3 aliphatic rings. The zero-order valence-electron chi connectivity index (χ0n) is 27.6. The molecule has 48 heavy (non-hydrogen) atoms. The van der Waals surface area contributed by atoms with Crippen LogP contribution in [-0.4, -0.2) is 89.8 Å². The molecule has 2 aliphatic heterocycles. The average Bonchev–Trinajstić information content (AvgIpc) is 3.85. The molecule has 3 amide bonds. The van der Waals surface area contributed by atoms with Gasteiger partial charge in [0.1, 0.15) is 19.3 Å². The van der Waals surface area contributed by atoms with E-state index in [2.05, 4.69) is 30.6 Å². The van der Waals surface area contributed by atoms with Crippen LogP contribution in [-0.2, 0) is 23.9 Å². The van der Waals surface area contributed by atoms with Gasteiger partial charge in [0.25, 0.3) is 0 Å². The molecule has 4 atom stereocenters. The number of nitrogens with zero attached hydrogens (tertiary/aromatic N) is 2. The zero-order valence-corrected chi connectivity index (χ0v) is 27.6. The van der Waals surface area contributed by atoms with E-state index in [-0.39, 0.29) is 62.5 Å². The highest BCUT2D eigenvalue weighted by molar-refractivity contribution is 5.87. The van der Waals surface area contributed by atoms with Crippen LogP contribution in [0.25, 0.3) is 11.1 Å². The molecule has 2 fully saturated rings. The Kier molecular flexibility index (Phi) is 12.1. The van der Waals surface area contributed by atoms with Gasteiger partial charge in [0, 0.05) is 25.4 Å². The fourth-order valence-electron chi connectivity index (χ4n) is 7.28. The van der Waals surface area contributed by atoms with Gasteiger partial charge in [-0.05, 0) is 67.2 Å². The fourth-order valence-corrected chi connectivity index (χ4v) is 7.28. The molecular weight excluding hydrogens is 610 g/mol. The zero-order chi connectivity index (χ0) is 34.0. The summed E-state index contributed by atoms with van der Waals surface area (Å²) in [4.78, 5) is 56.4. The number of amides is 3. The van der Waals surface area contributed by atoms with Crippen molar-refractivity contribution in [2.75, 3.05) is 32.9 Å². The number of rotatable bonds is 15. The van der Waals surface area contributed by atoms with Crippen LogP contribution in [0.4, 0.5) is 4.79 Å². The molecule has 10 heteroatoms. The largest absolute Gasteiger partial charge is 0.462 e. The summed E-state index contributed by atoms with van der Waals surface area (Å²) in [5.41, 5.74) is 4.43. The normalized spacial score (nSPS) is 19.6. The lowest BCUT2D eigenvalue weighted by atomic mass is 9.98. The third-order valence-corrected chi connectivity index (χ3v) is 9.79. The minimum atomic E-state index is -0.949. The molecule has 2 aromatic carbocycles. The number of alkyl carbamates (subject to hydrolysis) is 1. The van der Waals surface area contributed by atoms with Crippen molar-refractivity contribution in [2.45, 2.75) is 75.4 Å². The average molecular weight is 658 g/mol. The van der Waals surface area contributed by atoms with Crippen LogP contribution in [0.1, 0.15) is 68.4 Å². The van der Waals surface area contributed by atoms with Gasteiger partial charge < -0.3 is 29.7 Å². The second kappa shape index (κ2) is 16.6. The van der Waals surface area contributed by atoms with Crippen LogP contribution in [0.15, 0.2) is 73.8 Å². The van der Waals surface area contributed by atoms with E-state index < -0.39 is 24.0 Å². The molecule has 0 bridgehead atoms. The highest BCUT2D eigenvalue weighted by Crippen LogP contribution is 2.44. The van der Waals surface area contributed by atoms with Crippen molar-refractivity contribution >= 4 is 23.9 Å².